The van der Waals surface area contributed by atoms with Crippen molar-refractivity contribution in [1.82, 2.24) is 4.57 Å². The van der Waals surface area contributed by atoms with Crippen molar-refractivity contribution in [3.63, 3.8) is 0 Å². The summed E-state index contributed by atoms with van der Waals surface area (Å²) in [4.78, 5) is 26.3. The maximum absolute atomic E-state index is 12.7. The van der Waals surface area contributed by atoms with Crippen molar-refractivity contribution in [2.45, 2.75) is 31.3 Å². The van der Waals surface area contributed by atoms with Gasteiger partial charge in [-0.1, -0.05) is 11.6 Å². The molecule has 8 heteroatoms. The summed E-state index contributed by atoms with van der Waals surface area (Å²) in [7, 11) is 1.51. The molecule has 1 saturated heterocycles. The number of aromatic nitrogens is 1. The summed E-state index contributed by atoms with van der Waals surface area (Å²) in [6.45, 7) is 1.41. The van der Waals surface area contributed by atoms with Crippen molar-refractivity contribution < 1.29 is 14.6 Å². The van der Waals surface area contributed by atoms with Gasteiger partial charge < -0.3 is 25.0 Å². The highest BCUT2D eigenvalue weighted by molar-refractivity contribution is 6.38. The number of carbonyl (C=O) groups is 1. The standard InChI is InChI=1S/C18H20ClN3O4/c1-26-13-6-11-15(14(19)16(13)21-5-4-9(20)7-21)22(10-2-3-10)8-12(17(11)23)18(24)25/h6,8-10H,2-5,7,20H2,1H3,(H,24,25). The monoisotopic (exact) mass is 377 g/mol. The molecule has 1 aliphatic heterocycles. The largest absolute Gasteiger partial charge is 0.494 e. The van der Waals surface area contributed by atoms with E-state index in [1.54, 1.807) is 6.07 Å². The van der Waals surface area contributed by atoms with Gasteiger partial charge in [-0.25, -0.2) is 4.79 Å². The summed E-state index contributed by atoms with van der Waals surface area (Å²) in [6.07, 6.45) is 4.14. The van der Waals surface area contributed by atoms with E-state index >= 15 is 0 Å². The van der Waals surface area contributed by atoms with Crippen molar-refractivity contribution >= 4 is 34.2 Å². The summed E-state index contributed by atoms with van der Waals surface area (Å²) in [6, 6.07) is 1.83. The van der Waals surface area contributed by atoms with Crippen molar-refractivity contribution in [3.8, 4) is 5.75 Å². The first-order valence-electron chi connectivity index (χ1n) is 8.61. The summed E-state index contributed by atoms with van der Waals surface area (Å²) < 4.78 is 7.33. The van der Waals surface area contributed by atoms with Crippen LogP contribution >= 0.6 is 11.6 Å². The number of hydrogen-bond acceptors (Lipinski definition) is 5. The zero-order valence-corrected chi connectivity index (χ0v) is 15.1. The van der Waals surface area contributed by atoms with Gasteiger partial charge in [0.15, 0.2) is 0 Å². The topological polar surface area (TPSA) is 97.8 Å². The van der Waals surface area contributed by atoms with E-state index in [4.69, 9.17) is 22.1 Å². The lowest BCUT2D eigenvalue weighted by Crippen LogP contribution is -2.27. The van der Waals surface area contributed by atoms with Crippen LogP contribution in [-0.4, -0.2) is 41.9 Å². The second kappa shape index (κ2) is 6.17. The highest BCUT2D eigenvalue weighted by Gasteiger charge is 2.31. The molecule has 7 nitrogen and oxygen atoms in total. The van der Waals surface area contributed by atoms with Gasteiger partial charge in [-0.05, 0) is 25.3 Å². The third kappa shape index (κ3) is 2.62. The lowest BCUT2D eigenvalue weighted by molar-refractivity contribution is 0.0695. The number of benzene rings is 1. The third-order valence-corrected chi connectivity index (χ3v) is 5.48. The van der Waals surface area contributed by atoms with Gasteiger partial charge in [0.2, 0.25) is 5.43 Å². The molecule has 2 heterocycles. The van der Waals surface area contributed by atoms with Crippen LogP contribution in [0.2, 0.25) is 5.02 Å². The third-order valence-electron chi connectivity index (χ3n) is 5.13. The van der Waals surface area contributed by atoms with Gasteiger partial charge in [-0.15, -0.1) is 0 Å². The number of halogens is 1. The number of nitrogens with two attached hydrogens (primary N) is 1. The number of methoxy groups -OCH3 is 1. The molecule has 1 aromatic carbocycles. The van der Waals surface area contributed by atoms with Gasteiger partial charge in [0.05, 0.1) is 23.0 Å². The van der Waals surface area contributed by atoms with Crippen molar-refractivity contribution in [2.24, 2.45) is 5.73 Å². The molecule has 1 aliphatic carbocycles. The van der Waals surface area contributed by atoms with E-state index in [0.29, 0.717) is 28.5 Å². The number of carboxylic acids is 1. The van der Waals surface area contributed by atoms with Crippen LogP contribution < -0.4 is 20.8 Å². The molecule has 26 heavy (non-hydrogen) atoms. The van der Waals surface area contributed by atoms with Crippen molar-refractivity contribution in [2.75, 3.05) is 25.1 Å². The summed E-state index contributed by atoms with van der Waals surface area (Å²) >= 11 is 6.76. The molecule has 1 saturated carbocycles. The Kier molecular flexibility index (Phi) is 4.08. The minimum atomic E-state index is -1.24. The van der Waals surface area contributed by atoms with Gasteiger partial charge in [0.1, 0.15) is 17.0 Å². The number of anilines is 1. The Balaban J connectivity index is 2.05. The number of hydrogen-bond donors (Lipinski definition) is 2. The van der Waals surface area contributed by atoms with E-state index in [1.165, 1.54) is 13.3 Å². The predicted molar refractivity (Wildman–Crippen MR) is 99.8 cm³/mol. The zero-order chi connectivity index (χ0) is 18.6. The Labute approximate surface area is 154 Å². The van der Waals surface area contributed by atoms with Gasteiger partial charge >= 0.3 is 5.97 Å². The normalized spacial score (nSPS) is 20.0. The van der Waals surface area contributed by atoms with Crippen LogP contribution in [0.25, 0.3) is 10.9 Å². The predicted octanol–water partition coefficient (Wildman–Crippen LogP) is 2.23. The SMILES string of the molecule is COc1cc2c(=O)c(C(=O)O)cn(C3CC3)c2c(Cl)c1N1CCC(N)C1. The van der Waals surface area contributed by atoms with E-state index < -0.39 is 11.4 Å². The minimum absolute atomic E-state index is 0.0616. The molecule has 2 fully saturated rings. The van der Waals surface area contributed by atoms with Crippen LogP contribution in [0.15, 0.2) is 17.1 Å². The molecule has 0 amide bonds. The van der Waals surface area contributed by atoms with Crippen LogP contribution in [0.4, 0.5) is 5.69 Å². The summed E-state index contributed by atoms with van der Waals surface area (Å²) in [5.41, 5.74) is 6.52. The van der Waals surface area contributed by atoms with Crippen LogP contribution in [-0.2, 0) is 0 Å². The second-order valence-electron chi connectivity index (χ2n) is 6.95. The van der Waals surface area contributed by atoms with Crippen LogP contribution in [0.3, 0.4) is 0 Å². The Morgan fingerprint density at radius 3 is 2.65 bits per heavy atom. The lowest BCUT2D eigenvalue weighted by atomic mass is 10.1. The maximum atomic E-state index is 12.7. The van der Waals surface area contributed by atoms with Gasteiger partial charge in [-0.3, -0.25) is 4.79 Å². The number of rotatable bonds is 4. The highest BCUT2D eigenvalue weighted by Crippen LogP contribution is 2.45. The molecule has 3 N–H and O–H groups in total. The van der Waals surface area contributed by atoms with Gasteiger partial charge in [0.25, 0.3) is 0 Å². The fourth-order valence-corrected chi connectivity index (χ4v) is 4.08. The molecule has 1 unspecified atom stereocenters. The Hall–Kier alpha value is -2.25. The first-order chi connectivity index (χ1) is 12.4. The van der Waals surface area contributed by atoms with E-state index in [-0.39, 0.29) is 23.0 Å². The van der Waals surface area contributed by atoms with E-state index in [9.17, 15) is 14.7 Å². The fourth-order valence-electron chi connectivity index (χ4n) is 3.67. The molecule has 2 aliphatic rings. The van der Waals surface area contributed by atoms with E-state index in [0.717, 1.165) is 25.8 Å². The van der Waals surface area contributed by atoms with Crippen molar-refractivity contribution in [3.05, 3.63) is 33.1 Å². The average molecular weight is 378 g/mol. The molecular formula is C18H20ClN3O4. The molecule has 0 spiro atoms. The second-order valence-corrected chi connectivity index (χ2v) is 7.33. The zero-order valence-electron chi connectivity index (χ0n) is 14.4. The molecule has 0 radical (unpaired) electrons. The molecular weight excluding hydrogens is 358 g/mol. The Morgan fingerprint density at radius 1 is 1.38 bits per heavy atom. The van der Waals surface area contributed by atoms with Crippen LogP contribution in [0, 0.1) is 0 Å². The molecule has 2 aromatic rings. The van der Waals surface area contributed by atoms with Gasteiger partial charge in [-0.2, -0.15) is 0 Å². The average Bonchev–Trinajstić information content (AvgIpc) is 3.36. The van der Waals surface area contributed by atoms with Crippen LogP contribution in [0.1, 0.15) is 35.7 Å². The quantitative estimate of drug-likeness (QED) is 0.847. The number of nitrogens with zero attached hydrogens (tertiary/aromatic N) is 2. The Bertz CT molecular complexity index is 967. The Morgan fingerprint density at radius 2 is 2.12 bits per heavy atom. The molecule has 4 rings (SSSR count). The number of fused-ring (bicyclic) bond motifs is 1. The summed E-state index contributed by atoms with van der Waals surface area (Å²) in [5, 5.41) is 10.1. The maximum Gasteiger partial charge on any atom is 0.341 e. The molecule has 138 valence electrons. The minimum Gasteiger partial charge on any atom is -0.494 e. The summed E-state index contributed by atoms with van der Waals surface area (Å²) in [5.74, 6) is -0.783. The molecule has 1 atom stereocenters. The van der Waals surface area contributed by atoms with E-state index in [1.807, 2.05) is 4.57 Å². The molecule has 1 aromatic heterocycles. The highest BCUT2D eigenvalue weighted by atomic mass is 35.5. The number of aromatic carboxylic acids is 1. The first-order valence-corrected chi connectivity index (χ1v) is 8.99. The number of ether oxygens (including phenoxy) is 1. The fraction of sp³-hybridized carbons (Fsp3) is 0.444. The van der Waals surface area contributed by atoms with Gasteiger partial charge in [0, 0.05) is 31.4 Å². The smallest absolute Gasteiger partial charge is 0.341 e. The lowest BCUT2D eigenvalue weighted by Gasteiger charge is -2.24. The first kappa shape index (κ1) is 17.2. The molecule has 0 bridgehead atoms. The van der Waals surface area contributed by atoms with E-state index in [2.05, 4.69) is 4.90 Å². The van der Waals surface area contributed by atoms with Crippen molar-refractivity contribution in [1.29, 1.82) is 0 Å². The number of pyridine rings is 1. The number of carboxylic acid groups (broad SMARTS) is 1. The van der Waals surface area contributed by atoms with Crippen LogP contribution in [0.5, 0.6) is 5.75 Å².